The van der Waals surface area contributed by atoms with Gasteiger partial charge in [-0.25, -0.2) is 4.98 Å². The Morgan fingerprint density at radius 3 is 2.71 bits per heavy atom. The second kappa shape index (κ2) is 5.64. The highest BCUT2D eigenvalue weighted by Crippen LogP contribution is 2.45. The lowest BCUT2D eigenvalue weighted by atomic mass is 9.78. The summed E-state index contributed by atoms with van der Waals surface area (Å²) in [5.41, 5.74) is 8.76. The van der Waals surface area contributed by atoms with E-state index >= 15 is 0 Å². The SMILES string of the molecule is CC(C)CC1(Cn2c(N)nc3cc(Br)ccc32)CCCC1. The van der Waals surface area contributed by atoms with E-state index < -0.39 is 0 Å². The second-order valence-electron chi connectivity index (χ2n) is 6.99. The summed E-state index contributed by atoms with van der Waals surface area (Å²) in [5, 5.41) is 0. The minimum atomic E-state index is 0.406. The van der Waals surface area contributed by atoms with Crippen molar-refractivity contribution in [2.45, 2.75) is 52.5 Å². The van der Waals surface area contributed by atoms with Crippen molar-refractivity contribution >= 4 is 32.9 Å². The quantitative estimate of drug-likeness (QED) is 0.844. The minimum absolute atomic E-state index is 0.406. The molecule has 4 heteroatoms. The first-order valence-electron chi connectivity index (χ1n) is 7.90. The summed E-state index contributed by atoms with van der Waals surface area (Å²) in [6, 6.07) is 6.25. The molecule has 1 aliphatic carbocycles. The molecule has 0 aliphatic heterocycles. The Hall–Kier alpha value is -1.03. The second-order valence-corrected chi connectivity index (χ2v) is 7.91. The maximum Gasteiger partial charge on any atom is 0.201 e. The third-order valence-electron chi connectivity index (χ3n) is 4.74. The van der Waals surface area contributed by atoms with Gasteiger partial charge in [-0.05, 0) is 48.8 Å². The summed E-state index contributed by atoms with van der Waals surface area (Å²) >= 11 is 3.51. The van der Waals surface area contributed by atoms with Gasteiger partial charge in [0.1, 0.15) is 0 Å². The number of hydrogen-bond acceptors (Lipinski definition) is 2. The molecule has 1 aliphatic rings. The molecule has 0 saturated heterocycles. The van der Waals surface area contributed by atoms with Gasteiger partial charge in [-0.1, -0.05) is 42.6 Å². The van der Waals surface area contributed by atoms with Gasteiger partial charge in [-0.15, -0.1) is 0 Å². The number of anilines is 1. The molecule has 3 nitrogen and oxygen atoms in total. The van der Waals surface area contributed by atoms with Crippen LogP contribution in [-0.4, -0.2) is 9.55 Å². The lowest BCUT2D eigenvalue weighted by Crippen LogP contribution is -2.26. The average Bonchev–Trinajstić information content (AvgIpc) is 2.95. The minimum Gasteiger partial charge on any atom is -0.369 e. The Balaban J connectivity index is 1.98. The smallest absolute Gasteiger partial charge is 0.201 e. The molecule has 114 valence electrons. The van der Waals surface area contributed by atoms with Gasteiger partial charge in [-0.3, -0.25) is 0 Å². The van der Waals surface area contributed by atoms with Crippen LogP contribution in [0.2, 0.25) is 0 Å². The molecule has 1 fully saturated rings. The van der Waals surface area contributed by atoms with E-state index in [0.717, 1.165) is 28.0 Å². The Labute approximate surface area is 135 Å². The highest BCUT2D eigenvalue weighted by Gasteiger charge is 2.35. The highest BCUT2D eigenvalue weighted by atomic mass is 79.9. The number of nitrogens with two attached hydrogens (primary N) is 1. The van der Waals surface area contributed by atoms with Crippen LogP contribution in [0, 0.1) is 11.3 Å². The van der Waals surface area contributed by atoms with Gasteiger partial charge in [0, 0.05) is 11.0 Å². The molecule has 1 saturated carbocycles. The zero-order valence-corrected chi connectivity index (χ0v) is 14.5. The van der Waals surface area contributed by atoms with E-state index in [-0.39, 0.29) is 0 Å². The Morgan fingerprint density at radius 1 is 1.33 bits per heavy atom. The van der Waals surface area contributed by atoms with Crippen LogP contribution in [0.15, 0.2) is 22.7 Å². The number of rotatable bonds is 4. The van der Waals surface area contributed by atoms with Crippen LogP contribution in [-0.2, 0) is 6.54 Å². The van der Waals surface area contributed by atoms with Crippen molar-refractivity contribution in [3.05, 3.63) is 22.7 Å². The predicted octanol–water partition coefficient (Wildman–Crippen LogP) is 4.99. The van der Waals surface area contributed by atoms with Gasteiger partial charge >= 0.3 is 0 Å². The Kier molecular flexibility index (Phi) is 4.00. The number of nitrogens with zero attached hydrogens (tertiary/aromatic N) is 2. The lowest BCUT2D eigenvalue weighted by molar-refractivity contribution is 0.200. The van der Waals surface area contributed by atoms with Gasteiger partial charge in [0.2, 0.25) is 5.95 Å². The van der Waals surface area contributed by atoms with E-state index in [1.54, 1.807) is 0 Å². The number of halogens is 1. The Bertz CT molecular complexity index is 639. The van der Waals surface area contributed by atoms with Crippen LogP contribution in [0.4, 0.5) is 5.95 Å². The zero-order chi connectivity index (χ0) is 15.0. The molecular weight excluding hydrogens is 326 g/mol. The Morgan fingerprint density at radius 2 is 2.05 bits per heavy atom. The fourth-order valence-corrected chi connectivity index (χ4v) is 4.39. The van der Waals surface area contributed by atoms with Crippen molar-refractivity contribution in [2.75, 3.05) is 5.73 Å². The topological polar surface area (TPSA) is 43.8 Å². The molecule has 0 atom stereocenters. The van der Waals surface area contributed by atoms with Gasteiger partial charge in [-0.2, -0.15) is 0 Å². The number of benzene rings is 1. The number of fused-ring (bicyclic) bond motifs is 1. The molecule has 1 heterocycles. The average molecular weight is 350 g/mol. The van der Waals surface area contributed by atoms with Crippen LogP contribution in [0.5, 0.6) is 0 Å². The largest absolute Gasteiger partial charge is 0.369 e. The first-order valence-corrected chi connectivity index (χ1v) is 8.70. The van der Waals surface area contributed by atoms with Crippen molar-refractivity contribution < 1.29 is 0 Å². The molecule has 3 rings (SSSR count). The molecule has 1 aromatic carbocycles. The molecule has 2 N–H and O–H groups in total. The fraction of sp³-hybridized carbons (Fsp3) is 0.588. The molecule has 21 heavy (non-hydrogen) atoms. The van der Waals surface area contributed by atoms with Crippen molar-refractivity contribution in [3.8, 4) is 0 Å². The fourth-order valence-electron chi connectivity index (χ4n) is 4.04. The van der Waals surface area contributed by atoms with Gasteiger partial charge in [0.25, 0.3) is 0 Å². The number of aromatic nitrogens is 2. The molecule has 0 unspecified atom stereocenters. The van der Waals surface area contributed by atoms with E-state index in [9.17, 15) is 0 Å². The van der Waals surface area contributed by atoms with E-state index in [4.69, 9.17) is 5.73 Å². The molecule has 0 spiro atoms. The summed E-state index contributed by atoms with van der Waals surface area (Å²) in [4.78, 5) is 4.54. The summed E-state index contributed by atoms with van der Waals surface area (Å²) < 4.78 is 3.28. The van der Waals surface area contributed by atoms with Crippen molar-refractivity contribution in [1.82, 2.24) is 9.55 Å². The number of nitrogen functional groups attached to an aromatic ring is 1. The van der Waals surface area contributed by atoms with Crippen LogP contribution in [0.3, 0.4) is 0 Å². The third kappa shape index (κ3) is 2.96. The summed E-state index contributed by atoms with van der Waals surface area (Å²) in [7, 11) is 0. The van der Waals surface area contributed by atoms with Crippen LogP contribution >= 0.6 is 15.9 Å². The van der Waals surface area contributed by atoms with Crippen LogP contribution in [0.1, 0.15) is 46.0 Å². The monoisotopic (exact) mass is 349 g/mol. The normalized spacial score (nSPS) is 17.9. The molecule has 2 aromatic rings. The van der Waals surface area contributed by atoms with Gasteiger partial charge in [0.15, 0.2) is 0 Å². The summed E-state index contributed by atoms with van der Waals surface area (Å²) in [6.07, 6.45) is 6.62. The molecule has 1 aromatic heterocycles. The third-order valence-corrected chi connectivity index (χ3v) is 5.23. The maximum atomic E-state index is 6.21. The first kappa shape index (κ1) is 14.9. The standard InChI is InChI=1S/C17H24BrN3/c1-12(2)10-17(7-3-4-8-17)11-21-15-6-5-13(18)9-14(15)20-16(21)19/h5-6,9,12H,3-4,7-8,10-11H2,1-2H3,(H2,19,20). The molecule has 0 amide bonds. The number of hydrogen-bond donors (Lipinski definition) is 1. The van der Waals surface area contributed by atoms with Crippen LogP contribution in [0.25, 0.3) is 11.0 Å². The number of imidazole rings is 1. The zero-order valence-electron chi connectivity index (χ0n) is 12.9. The van der Waals surface area contributed by atoms with Gasteiger partial charge in [0.05, 0.1) is 11.0 Å². The van der Waals surface area contributed by atoms with E-state index in [2.05, 4.69) is 51.5 Å². The van der Waals surface area contributed by atoms with Crippen molar-refractivity contribution in [1.29, 1.82) is 0 Å². The van der Waals surface area contributed by atoms with E-state index in [1.165, 1.54) is 32.1 Å². The van der Waals surface area contributed by atoms with Crippen molar-refractivity contribution in [3.63, 3.8) is 0 Å². The van der Waals surface area contributed by atoms with E-state index in [1.807, 2.05) is 6.07 Å². The molecule has 0 bridgehead atoms. The highest BCUT2D eigenvalue weighted by molar-refractivity contribution is 9.10. The summed E-state index contributed by atoms with van der Waals surface area (Å²) in [6.45, 7) is 5.66. The molecule has 0 radical (unpaired) electrons. The van der Waals surface area contributed by atoms with Crippen molar-refractivity contribution in [2.24, 2.45) is 11.3 Å². The van der Waals surface area contributed by atoms with Crippen LogP contribution < -0.4 is 5.73 Å². The first-order chi connectivity index (χ1) is 9.99. The van der Waals surface area contributed by atoms with Gasteiger partial charge < -0.3 is 10.3 Å². The summed E-state index contributed by atoms with van der Waals surface area (Å²) in [5.74, 6) is 1.38. The molecular formula is C17H24BrN3. The van der Waals surface area contributed by atoms with E-state index in [0.29, 0.717) is 11.4 Å². The predicted molar refractivity (Wildman–Crippen MR) is 92.2 cm³/mol. The lowest BCUT2D eigenvalue weighted by Gasteiger charge is -2.32. The maximum absolute atomic E-state index is 6.21.